The lowest BCUT2D eigenvalue weighted by atomic mass is 10.1. The minimum Gasteiger partial charge on any atom is -0.372 e. The van der Waals surface area contributed by atoms with E-state index in [2.05, 4.69) is 4.98 Å². The van der Waals surface area contributed by atoms with Gasteiger partial charge < -0.3 is 4.90 Å². The van der Waals surface area contributed by atoms with Crippen LogP contribution in [0.3, 0.4) is 0 Å². The highest BCUT2D eigenvalue weighted by atomic mass is 19.4. The minimum atomic E-state index is -4.19. The van der Waals surface area contributed by atoms with Crippen molar-refractivity contribution in [3.63, 3.8) is 0 Å². The lowest BCUT2D eigenvalue weighted by Crippen LogP contribution is -2.33. The number of hydrogen-bond donors (Lipinski definition) is 0. The Morgan fingerprint density at radius 3 is 2.67 bits per heavy atom. The summed E-state index contributed by atoms with van der Waals surface area (Å²) in [6.45, 7) is 1.53. The summed E-state index contributed by atoms with van der Waals surface area (Å²) in [4.78, 5) is 5.54. The van der Waals surface area contributed by atoms with E-state index in [1.807, 2.05) is 6.07 Å². The largest absolute Gasteiger partial charge is 0.391 e. The summed E-state index contributed by atoms with van der Waals surface area (Å²) < 4.78 is 37.4. The molecule has 1 aromatic carbocycles. The Kier molecular flexibility index (Phi) is 4.03. The quantitative estimate of drug-likeness (QED) is 0.862. The maximum Gasteiger partial charge on any atom is 0.391 e. The summed E-state index contributed by atoms with van der Waals surface area (Å²) in [5.74, 6) is 0. The number of hydrogen-bond acceptors (Lipinski definition) is 3. The highest BCUT2D eigenvalue weighted by molar-refractivity contribution is 5.89. The fourth-order valence-electron chi connectivity index (χ4n) is 2.20. The van der Waals surface area contributed by atoms with Gasteiger partial charge in [0.1, 0.15) is 11.8 Å². The van der Waals surface area contributed by atoms with Gasteiger partial charge in [0.15, 0.2) is 0 Å². The smallest absolute Gasteiger partial charge is 0.372 e. The lowest BCUT2D eigenvalue weighted by Gasteiger charge is -2.28. The molecular weight excluding hydrogens is 279 g/mol. The van der Waals surface area contributed by atoms with Gasteiger partial charge in [-0.1, -0.05) is 0 Å². The molecule has 110 valence electrons. The van der Waals surface area contributed by atoms with E-state index in [9.17, 15) is 13.2 Å². The van der Waals surface area contributed by atoms with Crippen LogP contribution in [0, 0.1) is 11.3 Å². The van der Waals surface area contributed by atoms with E-state index in [0.717, 1.165) is 5.39 Å². The average Bonchev–Trinajstić information content (AvgIpc) is 2.43. The molecule has 1 unspecified atom stereocenters. The molecule has 0 aliphatic rings. The summed E-state index contributed by atoms with van der Waals surface area (Å²) in [5.41, 5.74) is 0.986. The van der Waals surface area contributed by atoms with Gasteiger partial charge >= 0.3 is 6.18 Å². The van der Waals surface area contributed by atoms with Crippen molar-refractivity contribution >= 4 is 16.5 Å². The van der Waals surface area contributed by atoms with Gasteiger partial charge in [-0.2, -0.15) is 18.4 Å². The first-order valence-corrected chi connectivity index (χ1v) is 6.40. The molecule has 1 atom stereocenters. The molecule has 1 aromatic heterocycles. The zero-order chi connectivity index (χ0) is 15.6. The van der Waals surface area contributed by atoms with Gasteiger partial charge in [0.05, 0.1) is 6.42 Å². The fraction of sp³-hybridized carbons (Fsp3) is 0.333. The summed E-state index contributed by atoms with van der Waals surface area (Å²) in [6.07, 6.45) is -3.55. The molecule has 1 heterocycles. The van der Waals surface area contributed by atoms with Gasteiger partial charge in [-0.05, 0) is 36.6 Å². The second kappa shape index (κ2) is 5.60. The molecule has 0 fully saturated rings. The van der Waals surface area contributed by atoms with Gasteiger partial charge in [-0.25, -0.2) is 4.98 Å². The van der Waals surface area contributed by atoms with E-state index in [-0.39, 0.29) is 0 Å². The number of anilines is 1. The van der Waals surface area contributed by atoms with Crippen molar-refractivity contribution in [2.75, 3.05) is 11.9 Å². The molecule has 0 saturated heterocycles. The first-order chi connectivity index (χ1) is 9.81. The Morgan fingerprint density at radius 2 is 2.05 bits per heavy atom. The molecule has 6 heteroatoms. The van der Waals surface area contributed by atoms with E-state index in [0.29, 0.717) is 16.8 Å². The minimum absolute atomic E-state index is 0.310. The summed E-state index contributed by atoms with van der Waals surface area (Å²) in [6, 6.07) is 8.26. The second-order valence-electron chi connectivity index (χ2n) is 4.96. The maximum absolute atomic E-state index is 12.5. The monoisotopic (exact) mass is 293 g/mol. The number of benzene rings is 1. The standard InChI is InChI=1S/C15H14F3N3/c1-10(8-15(16,17)18)21(2)12-3-4-13-11(7-12)5-6-20-14(13)9-19/h3-7,10H,8H2,1-2H3. The van der Waals surface area contributed by atoms with Gasteiger partial charge in [0.2, 0.25) is 0 Å². The van der Waals surface area contributed by atoms with E-state index < -0.39 is 18.6 Å². The third-order valence-electron chi connectivity index (χ3n) is 3.45. The van der Waals surface area contributed by atoms with Crippen molar-refractivity contribution < 1.29 is 13.2 Å². The normalized spacial score (nSPS) is 13.0. The lowest BCUT2D eigenvalue weighted by molar-refractivity contribution is -0.137. The summed E-state index contributed by atoms with van der Waals surface area (Å²) in [5, 5.41) is 10.5. The molecule has 0 radical (unpaired) electrons. The third-order valence-corrected chi connectivity index (χ3v) is 3.45. The fourth-order valence-corrected chi connectivity index (χ4v) is 2.20. The predicted octanol–water partition coefficient (Wildman–Crippen LogP) is 3.88. The third kappa shape index (κ3) is 3.43. The number of halogens is 3. The van der Waals surface area contributed by atoms with Crippen molar-refractivity contribution in [3.8, 4) is 6.07 Å². The Bertz CT molecular complexity index is 689. The van der Waals surface area contributed by atoms with Crippen LogP contribution in [0.1, 0.15) is 19.0 Å². The van der Waals surface area contributed by atoms with Crippen LogP contribution in [0.5, 0.6) is 0 Å². The first-order valence-electron chi connectivity index (χ1n) is 6.40. The molecule has 0 spiro atoms. The highest BCUT2D eigenvalue weighted by Gasteiger charge is 2.31. The number of pyridine rings is 1. The van der Waals surface area contributed by atoms with E-state index in [4.69, 9.17) is 5.26 Å². The maximum atomic E-state index is 12.5. The number of aromatic nitrogens is 1. The van der Waals surface area contributed by atoms with Crippen LogP contribution < -0.4 is 4.90 Å². The number of alkyl halides is 3. The molecule has 2 aromatic rings. The van der Waals surface area contributed by atoms with Crippen LogP contribution in [0.2, 0.25) is 0 Å². The molecule has 0 aliphatic heterocycles. The van der Waals surface area contributed by atoms with E-state index in [1.54, 1.807) is 36.2 Å². The van der Waals surface area contributed by atoms with Gasteiger partial charge in [-0.15, -0.1) is 0 Å². The first kappa shape index (κ1) is 15.1. The zero-order valence-corrected chi connectivity index (χ0v) is 11.6. The van der Waals surface area contributed by atoms with Crippen LogP contribution in [0.4, 0.5) is 18.9 Å². The van der Waals surface area contributed by atoms with E-state index >= 15 is 0 Å². The number of fused-ring (bicyclic) bond motifs is 1. The van der Waals surface area contributed by atoms with Crippen molar-refractivity contribution in [2.24, 2.45) is 0 Å². The Balaban J connectivity index is 2.33. The Labute approximate surface area is 120 Å². The summed E-state index contributed by atoms with van der Waals surface area (Å²) in [7, 11) is 1.63. The number of nitriles is 1. The Morgan fingerprint density at radius 1 is 1.33 bits per heavy atom. The van der Waals surface area contributed by atoms with Crippen molar-refractivity contribution in [2.45, 2.75) is 25.6 Å². The van der Waals surface area contributed by atoms with Gasteiger partial charge in [0, 0.05) is 30.4 Å². The molecule has 3 nitrogen and oxygen atoms in total. The van der Waals surface area contributed by atoms with Crippen molar-refractivity contribution in [1.29, 1.82) is 5.26 Å². The molecule has 21 heavy (non-hydrogen) atoms. The topological polar surface area (TPSA) is 39.9 Å². The van der Waals surface area contributed by atoms with Crippen LogP contribution >= 0.6 is 0 Å². The van der Waals surface area contributed by atoms with Gasteiger partial charge in [0.25, 0.3) is 0 Å². The van der Waals surface area contributed by atoms with Crippen molar-refractivity contribution in [1.82, 2.24) is 4.98 Å². The molecular formula is C15H14F3N3. The summed E-state index contributed by atoms with van der Waals surface area (Å²) >= 11 is 0. The number of nitrogens with zero attached hydrogens (tertiary/aromatic N) is 3. The van der Waals surface area contributed by atoms with Crippen LogP contribution in [0.15, 0.2) is 30.5 Å². The van der Waals surface area contributed by atoms with E-state index in [1.165, 1.54) is 13.1 Å². The average molecular weight is 293 g/mol. The Hall–Kier alpha value is -2.29. The molecule has 0 aliphatic carbocycles. The molecule has 0 saturated carbocycles. The van der Waals surface area contributed by atoms with Crippen LogP contribution in [-0.2, 0) is 0 Å². The zero-order valence-electron chi connectivity index (χ0n) is 11.6. The van der Waals surface area contributed by atoms with Gasteiger partial charge in [-0.3, -0.25) is 0 Å². The molecule has 0 N–H and O–H groups in total. The second-order valence-corrected chi connectivity index (χ2v) is 4.96. The molecule has 0 bridgehead atoms. The van der Waals surface area contributed by atoms with Crippen molar-refractivity contribution in [3.05, 3.63) is 36.2 Å². The number of rotatable bonds is 3. The van der Waals surface area contributed by atoms with Crippen LogP contribution in [-0.4, -0.2) is 24.2 Å². The molecule has 2 rings (SSSR count). The predicted molar refractivity (Wildman–Crippen MR) is 75.0 cm³/mol. The van der Waals surface area contributed by atoms with Crippen LogP contribution in [0.25, 0.3) is 10.8 Å². The molecule has 0 amide bonds. The highest BCUT2D eigenvalue weighted by Crippen LogP contribution is 2.28. The SMILES string of the molecule is CC(CC(F)(F)F)N(C)c1ccc2c(C#N)nccc2c1.